The van der Waals surface area contributed by atoms with E-state index in [0.717, 1.165) is 19.5 Å². The molecular weight excluding hydrogens is 212 g/mol. The molecular formula is C14H22N2O. The van der Waals surface area contributed by atoms with Crippen LogP contribution in [-0.2, 0) is 6.42 Å². The molecule has 94 valence electrons. The van der Waals surface area contributed by atoms with E-state index in [4.69, 9.17) is 0 Å². The van der Waals surface area contributed by atoms with Crippen molar-refractivity contribution >= 4 is 5.69 Å². The fraction of sp³-hybridized carbons (Fsp3) is 0.571. The monoisotopic (exact) mass is 234 g/mol. The van der Waals surface area contributed by atoms with Crippen molar-refractivity contribution in [3.05, 3.63) is 29.8 Å². The summed E-state index contributed by atoms with van der Waals surface area (Å²) >= 11 is 0. The minimum Gasteiger partial charge on any atom is -0.395 e. The maximum absolute atomic E-state index is 9.28. The zero-order chi connectivity index (χ0) is 12.3. The maximum Gasteiger partial charge on any atom is 0.0601 e. The van der Waals surface area contributed by atoms with E-state index in [9.17, 15) is 5.11 Å². The second-order valence-electron chi connectivity index (χ2n) is 5.01. The van der Waals surface area contributed by atoms with Crippen LogP contribution >= 0.6 is 0 Å². The van der Waals surface area contributed by atoms with Crippen LogP contribution in [0.3, 0.4) is 0 Å². The highest BCUT2D eigenvalue weighted by Crippen LogP contribution is 2.29. The Hall–Kier alpha value is -1.06. The molecule has 0 amide bonds. The molecule has 1 aromatic carbocycles. The third kappa shape index (κ3) is 2.79. The number of hydrogen-bond acceptors (Lipinski definition) is 3. The van der Waals surface area contributed by atoms with Gasteiger partial charge in [-0.05, 0) is 31.0 Å². The molecule has 3 heteroatoms. The number of anilines is 1. The standard InChI is InChI=1S/C14H22N2O/c1-11-7-12-5-3-4-6-14(12)16(8-11)9-13(10-17)15-2/h3-6,11,13,15,17H,7-10H2,1-2H3. The molecule has 0 spiro atoms. The van der Waals surface area contributed by atoms with E-state index in [-0.39, 0.29) is 12.6 Å². The number of aliphatic hydroxyl groups excluding tert-OH is 1. The first-order valence-corrected chi connectivity index (χ1v) is 6.35. The Balaban J connectivity index is 2.17. The summed E-state index contributed by atoms with van der Waals surface area (Å²) in [6.07, 6.45) is 1.16. The van der Waals surface area contributed by atoms with Gasteiger partial charge in [-0.3, -0.25) is 0 Å². The lowest BCUT2D eigenvalue weighted by Gasteiger charge is -2.36. The molecule has 3 nitrogen and oxygen atoms in total. The molecule has 0 aromatic heterocycles. The molecule has 2 atom stereocenters. The van der Waals surface area contributed by atoms with E-state index in [1.807, 2.05) is 7.05 Å². The van der Waals surface area contributed by atoms with Gasteiger partial charge in [0.1, 0.15) is 0 Å². The molecule has 1 aromatic rings. The normalized spacial score (nSPS) is 21.1. The summed E-state index contributed by atoms with van der Waals surface area (Å²) in [5, 5.41) is 12.4. The molecule has 2 rings (SSSR count). The smallest absolute Gasteiger partial charge is 0.0601 e. The predicted octanol–water partition coefficient (Wildman–Crippen LogP) is 1.27. The molecule has 1 heterocycles. The van der Waals surface area contributed by atoms with Crippen LogP contribution in [0.5, 0.6) is 0 Å². The van der Waals surface area contributed by atoms with Crippen LogP contribution in [0.4, 0.5) is 5.69 Å². The third-order valence-electron chi connectivity index (χ3n) is 3.50. The summed E-state index contributed by atoms with van der Waals surface area (Å²) in [6.45, 7) is 4.42. The van der Waals surface area contributed by atoms with E-state index >= 15 is 0 Å². The number of para-hydroxylation sites is 1. The van der Waals surface area contributed by atoms with Crippen molar-refractivity contribution in [1.82, 2.24) is 5.32 Å². The van der Waals surface area contributed by atoms with Gasteiger partial charge in [-0.1, -0.05) is 25.1 Å². The van der Waals surface area contributed by atoms with Crippen molar-refractivity contribution in [3.63, 3.8) is 0 Å². The molecule has 0 saturated carbocycles. The van der Waals surface area contributed by atoms with E-state index in [2.05, 4.69) is 41.4 Å². The van der Waals surface area contributed by atoms with Crippen LogP contribution in [0.1, 0.15) is 12.5 Å². The molecule has 0 aliphatic carbocycles. The first-order chi connectivity index (χ1) is 8.24. The van der Waals surface area contributed by atoms with Crippen LogP contribution in [-0.4, -0.2) is 37.9 Å². The van der Waals surface area contributed by atoms with Crippen molar-refractivity contribution in [2.75, 3.05) is 31.6 Å². The number of aliphatic hydroxyl groups is 1. The second-order valence-corrected chi connectivity index (χ2v) is 5.01. The summed E-state index contributed by atoms with van der Waals surface area (Å²) in [4.78, 5) is 2.39. The zero-order valence-electron chi connectivity index (χ0n) is 10.7. The van der Waals surface area contributed by atoms with Crippen LogP contribution < -0.4 is 10.2 Å². The average Bonchev–Trinajstić information content (AvgIpc) is 2.35. The van der Waals surface area contributed by atoms with Crippen LogP contribution in [0.2, 0.25) is 0 Å². The Morgan fingerprint density at radius 2 is 2.24 bits per heavy atom. The van der Waals surface area contributed by atoms with Gasteiger partial charge in [-0.2, -0.15) is 0 Å². The Kier molecular flexibility index (Phi) is 4.02. The van der Waals surface area contributed by atoms with Gasteiger partial charge in [0.2, 0.25) is 0 Å². The molecule has 2 unspecified atom stereocenters. The Bertz CT molecular complexity index is 363. The van der Waals surface area contributed by atoms with E-state index < -0.39 is 0 Å². The number of hydrogen-bond donors (Lipinski definition) is 2. The molecule has 17 heavy (non-hydrogen) atoms. The topological polar surface area (TPSA) is 35.5 Å². The molecule has 1 aliphatic heterocycles. The van der Waals surface area contributed by atoms with Gasteiger partial charge in [0, 0.05) is 24.8 Å². The Labute approximate surface area is 103 Å². The molecule has 2 N–H and O–H groups in total. The van der Waals surface area contributed by atoms with Gasteiger partial charge in [-0.25, -0.2) is 0 Å². The number of fused-ring (bicyclic) bond motifs is 1. The molecule has 0 saturated heterocycles. The van der Waals surface area contributed by atoms with Crippen molar-refractivity contribution in [2.45, 2.75) is 19.4 Å². The number of nitrogens with one attached hydrogen (secondary N) is 1. The van der Waals surface area contributed by atoms with E-state index in [1.54, 1.807) is 0 Å². The van der Waals surface area contributed by atoms with Crippen molar-refractivity contribution < 1.29 is 5.11 Å². The van der Waals surface area contributed by atoms with Gasteiger partial charge in [-0.15, -0.1) is 0 Å². The number of benzene rings is 1. The minimum atomic E-state index is 0.147. The zero-order valence-corrected chi connectivity index (χ0v) is 10.7. The van der Waals surface area contributed by atoms with Crippen LogP contribution in [0.25, 0.3) is 0 Å². The highest BCUT2D eigenvalue weighted by Gasteiger charge is 2.22. The third-order valence-corrected chi connectivity index (χ3v) is 3.50. The van der Waals surface area contributed by atoms with Crippen molar-refractivity contribution in [1.29, 1.82) is 0 Å². The van der Waals surface area contributed by atoms with Gasteiger partial charge in [0.15, 0.2) is 0 Å². The molecule has 0 radical (unpaired) electrons. The van der Waals surface area contributed by atoms with Crippen LogP contribution in [0, 0.1) is 5.92 Å². The summed E-state index contributed by atoms with van der Waals surface area (Å²) in [6, 6.07) is 8.75. The van der Waals surface area contributed by atoms with Gasteiger partial charge in [0.05, 0.1) is 6.61 Å². The SMILES string of the molecule is CNC(CO)CN1CC(C)Cc2ccccc21. The maximum atomic E-state index is 9.28. The Morgan fingerprint density at radius 3 is 2.94 bits per heavy atom. The largest absolute Gasteiger partial charge is 0.395 e. The quantitative estimate of drug-likeness (QED) is 0.823. The van der Waals surface area contributed by atoms with Crippen LogP contribution in [0.15, 0.2) is 24.3 Å². The second kappa shape index (κ2) is 5.52. The molecule has 1 aliphatic rings. The lowest BCUT2D eigenvalue weighted by atomic mass is 9.93. The molecule has 0 fully saturated rings. The lowest BCUT2D eigenvalue weighted by molar-refractivity contribution is 0.248. The van der Waals surface area contributed by atoms with Gasteiger partial charge < -0.3 is 15.3 Å². The average molecular weight is 234 g/mol. The first-order valence-electron chi connectivity index (χ1n) is 6.35. The lowest BCUT2D eigenvalue weighted by Crippen LogP contribution is -2.45. The first kappa shape index (κ1) is 12.4. The summed E-state index contributed by atoms with van der Waals surface area (Å²) < 4.78 is 0. The van der Waals surface area contributed by atoms with Crippen molar-refractivity contribution in [2.24, 2.45) is 5.92 Å². The summed E-state index contributed by atoms with van der Waals surface area (Å²) in [5.74, 6) is 0.682. The fourth-order valence-electron chi connectivity index (χ4n) is 2.59. The highest BCUT2D eigenvalue weighted by atomic mass is 16.3. The molecule has 0 bridgehead atoms. The number of rotatable bonds is 4. The minimum absolute atomic E-state index is 0.147. The number of nitrogens with zero attached hydrogens (tertiary/aromatic N) is 1. The van der Waals surface area contributed by atoms with Crippen molar-refractivity contribution in [3.8, 4) is 0 Å². The fourth-order valence-corrected chi connectivity index (χ4v) is 2.59. The summed E-state index contributed by atoms with van der Waals surface area (Å²) in [7, 11) is 1.90. The predicted molar refractivity (Wildman–Crippen MR) is 71.5 cm³/mol. The van der Waals surface area contributed by atoms with Gasteiger partial charge in [0.25, 0.3) is 0 Å². The Morgan fingerprint density at radius 1 is 1.47 bits per heavy atom. The summed E-state index contributed by atoms with van der Waals surface area (Å²) in [5.41, 5.74) is 2.76. The number of likely N-dealkylation sites (N-methyl/N-ethyl adjacent to an activating group) is 1. The highest BCUT2D eigenvalue weighted by molar-refractivity contribution is 5.55. The van der Waals surface area contributed by atoms with E-state index in [0.29, 0.717) is 5.92 Å². The van der Waals surface area contributed by atoms with E-state index in [1.165, 1.54) is 11.3 Å². The van der Waals surface area contributed by atoms with Gasteiger partial charge >= 0.3 is 0 Å².